The molecule has 0 aliphatic heterocycles. The predicted molar refractivity (Wildman–Crippen MR) is 79.8 cm³/mol. The van der Waals surface area contributed by atoms with E-state index in [9.17, 15) is 0 Å². The largest absolute Gasteiger partial charge is 0.474 e. The first-order chi connectivity index (χ1) is 9.16. The average Bonchev–Trinajstić information content (AvgIpc) is 2.31. The maximum Gasteiger partial charge on any atom is 0.232 e. The van der Waals surface area contributed by atoms with Crippen LogP contribution in [-0.4, -0.2) is 34.3 Å². The fourth-order valence-corrected chi connectivity index (χ4v) is 1.39. The van der Waals surface area contributed by atoms with Gasteiger partial charge in [0.1, 0.15) is 6.61 Å². The average molecular weight is 281 g/mol. The minimum atomic E-state index is -0.145. The molecule has 1 aromatic heterocycles. The number of aromatic nitrogens is 2. The van der Waals surface area contributed by atoms with Crippen LogP contribution in [0.25, 0.3) is 0 Å². The number of nitrogens with zero attached hydrogens (tertiary/aromatic N) is 2. The Labute approximate surface area is 122 Å². The molecule has 0 fully saturated rings. The summed E-state index contributed by atoms with van der Waals surface area (Å²) in [5, 5.41) is 3.37. The van der Waals surface area contributed by atoms with Gasteiger partial charge in [-0.05, 0) is 41.5 Å². The first kappa shape index (κ1) is 16.9. The molecule has 5 nitrogen and oxygen atoms in total. The van der Waals surface area contributed by atoms with Crippen molar-refractivity contribution in [2.75, 3.05) is 13.2 Å². The van der Waals surface area contributed by atoms with E-state index in [0.29, 0.717) is 25.6 Å². The molecule has 0 radical (unpaired) electrons. The number of hydrogen-bond acceptors (Lipinski definition) is 5. The van der Waals surface area contributed by atoms with E-state index in [1.165, 1.54) is 0 Å². The van der Waals surface area contributed by atoms with Crippen LogP contribution in [0.3, 0.4) is 0 Å². The molecule has 5 heteroatoms. The third kappa shape index (κ3) is 8.07. The normalized spacial score (nSPS) is 12.5. The number of nitrogens with one attached hydrogen (secondary N) is 1. The number of hydrogen-bond donors (Lipinski definition) is 1. The van der Waals surface area contributed by atoms with E-state index in [-0.39, 0.29) is 11.1 Å². The van der Waals surface area contributed by atoms with Crippen LogP contribution in [0.1, 0.15) is 47.2 Å². The molecule has 0 amide bonds. The van der Waals surface area contributed by atoms with Crippen molar-refractivity contribution in [3.05, 3.63) is 18.1 Å². The zero-order valence-corrected chi connectivity index (χ0v) is 13.5. The van der Waals surface area contributed by atoms with Crippen LogP contribution in [0, 0.1) is 0 Å². The lowest BCUT2D eigenvalue weighted by molar-refractivity contribution is -0.0168. The van der Waals surface area contributed by atoms with Crippen LogP contribution in [0.5, 0.6) is 5.88 Å². The zero-order valence-electron chi connectivity index (χ0n) is 13.5. The third-order valence-corrected chi connectivity index (χ3v) is 2.33. The smallest absolute Gasteiger partial charge is 0.232 e. The van der Waals surface area contributed by atoms with Crippen molar-refractivity contribution in [2.45, 2.75) is 59.2 Å². The Morgan fingerprint density at radius 1 is 1.05 bits per heavy atom. The van der Waals surface area contributed by atoms with Gasteiger partial charge in [0.25, 0.3) is 0 Å². The lowest BCUT2D eigenvalue weighted by atomic mass is 10.1. The van der Waals surface area contributed by atoms with Crippen molar-refractivity contribution >= 4 is 0 Å². The van der Waals surface area contributed by atoms with E-state index >= 15 is 0 Å². The topological polar surface area (TPSA) is 56.3 Å². The molecule has 0 aliphatic rings. The van der Waals surface area contributed by atoms with E-state index in [4.69, 9.17) is 9.47 Å². The molecule has 0 aliphatic carbocycles. The van der Waals surface area contributed by atoms with Gasteiger partial charge in [-0.25, -0.2) is 4.98 Å². The molecule has 1 N–H and O–H groups in total. The quantitative estimate of drug-likeness (QED) is 0.812. The first-order valence-electron chi connectivity index (χ1n) is 6.98. The lowest BCUT2D eigenvalue weighted by Gasteiger charge is -2.20. The second-order valence-corrected chi connectivity index (χ2v) is 6.76. The predicted octanol–water partition coefficient (Wildman–Crippen LogP) is 2.56. The third-order valence-electron chi connectivity index (χ3n) is 2.33. The lowest BCUT2D eigenvalue weighted by Crippen LogP contribution is -2.35. The van der Waals surface area contributed by atoms with Gasteiger partial charge in [0.15, 0.2) is 0 Å². The van der Waals surface area contributed by atoms with Crippen molar-refractivity contribution in [1.29, 1.82) is 0 Å². The molecule has 114 valence electrons. The van der Waals surface area contributed by atoms with Gasteiger partial charge in [-0.3, -0.25) is 4.98 Å². The number of ether oxygens (including phenoxy) is 2. The van der Waals surface area contributed by atoms with E-state index in [1.807, 2.05) is 20.8 Å². The molecule has 0 spiro atoms. The molecule has 0 atom stereocenters. The fraction of sp³-hybridized carbons (Fsp3) is 0.733. The Morgan fingerprint density at radius 2 is 1.75 bits per heavy atom. The summed E-state index contributed by atoms with van der Waals surface area (Å²) >= 11 is 0. The molecule has 0 unspecified atom stereocenters. The van der Waals surface area contributed by atoms with Crippen LogP contribution < -0.4 is 10.1 Å². The van der Waals surface area contributed by atoms with Gasteiger partial charge in [0.05, 0.1) is 24.1 Å². The summed E-state index contributed by atoms with van der Waals surface area (Å²) in [5.41, 5.74) is 0.779. The van der Waals surface area contributed by atoms with Crippen LogP contribution >= 0.6 is 0 Å². The molecule has 1 aromatic rings. The van der Waals surface area contributed by atoms with Crippen molar-refractivity contribution in [3.8, 4) is 5.88 Å². The molecule has 0 bridgehead atoms. The Bertz CT molecular complexity index is 408. The molecule has 0 saturated carbocycles. The minimum absolute atomic E-state index is 0.0547. The molecular formula is C15H27N3O2. The van der Waals surface area contributed by atoms with Gasteiger partial charge in [-0.2, -0.15) is 0 Å². The molecule has 1 heterocycles. The highest BCUT2D eigenvalue weighted by atomic mass is 16.5. The van der Waals surface area contributed by atoms with Crippen molar-refractivity contribution in [3.63, 3.8) is 0 Å². The molecule has 1 rings (SSSR count). The van der Waals surface area contributed by atoms with Gasteiger partial charge in [0.2, 0.25) is 5.88 Å². The second kappa shape index (κ2) is 6.99. The summed E-state index contributed by atoms with van der Waals surface area (Å²) in [5.74, 6) is 0.538. The summed E-state index contributed by atoms with van der Waals surface area (Å²) < 4.78 is 11.1. The molecule has 0 aromatic carbocycles. The highest BCUT2D eigenvalue weighted by Crippen LogP contribution is 2.09. The standard InChI is InChI=1S/C15H27N3O2/c1-14(2,3)17-10-12-9-16-11-13(18-12)19-7-8-20-15(4,5)6/h9,11,17H,7-8,10H2,1-6H3. The van der Waals surface area contributed by atoms with E-state index < -0.39 is 0 Å². The summed E-state index contributed by atoms with van der Waals surface area (Å²) in [6, 6.07) is 0. The van der Waals surface area contributed by atoms with Gasteiger partial charge < -0.3 is 14.8 Å². The van der Waals surface area contributed by atoms with Gasteiger partial charge in [-0.1, -0.05) is 0 Å². The first-order valence-corrected chi connectivity index (χ1v) is 6.98. The van der Waals surface area contributed by atoms with E-state index in [1.54, 1.807) is 12.4 Å². The van der Waals surface area contributed by atoms with Crippen molar-refractivity contribution < 1.29 is 9.47 Å². The van der Waals surface area contributed by atoms with Crippen molar-refractivity contribution in [2.24, 2.45) is 0 Å². The van der Waals surface area contributed by atoms with E-state index in [0.717, 1.165) is 5.69 Å². The van der Waals surface area contributed by atoms with Crippen LogP contribution in [0.4, 0.5) is 0 Å². The monoisotopic (exact) mass is 281 g/mol. The van der Waals surface area contributed by atoms with Crippen LogP contribution in [-0.2, 0) is 11.3 Å². The van der Waals surface area contributed by atoms with Gasteiger partial charge in [-0.15, -0.1) is 0 Å². The fourth-order valence-electron chi connectivity index (χ4n) is 1.39. The molecule has 20 heavy (non-hydrogen) atoms. The highest BCUT2D eigenvalue weighted by Gasteiger charge is 2.11. The van der Waals surface area contributed by atoms with Crippen LogP contribution in [0.15, 0.2) is 12.4 Å². The summed E-state index contributed by atoms with van der Waals surface area (Å²) in [6.45, 7) is 14.1. The Hall–Kier alpha value is -1.20. The SMILES string of the molecule is CC(C)(C)NCc1cncc(OCCOC(C)(C)C)n1. The Balaban J connectivity index is 2.40. The van der Waals surface area contributed by atoms with Gasteiger partial charge in [0, 0.05) is 18.3 Å². The maximum absolute atomic E-state index is 5.59. The summed E-state index contributed by atoms with van der Waals surface area (Å²) in [6.07, 6.45) is 3.37. The summed E-state index contributed by atoms with van der Waals surface area (Å²) in [7, 11) is 0. The highest BCUT2D eigenvalue weighted by molar-refractivity contribution is 5.08. The molecular weight excluding hydrogens is 254 g/mol. The second-order valence-electron chi connectivity index (χ2n) is 6.76. The minimum Gasteiger partial charge on any atom is -0.474 e. The Kier molecular flexibility index (Phi) is 5.89. The van der Waals surface area contributed by atoms with Gasteiger partial charge >= 0.3 is 0 Å². The molecule has 0 saturated heterocycles. The summed E-state index contributed by atoms with van der Waals surface area (Å²) in [4.78, 5) is 8.55. The number of rotatable bonds is 6. The maximum atomic E-state index is 5.59. The zero-order chi connectivity index (χ0) is 15.2. The van der Waals surface area contributed by atoms with Crippen LogP contribution in [0.2, 0.25) is 0 Å². The Morgan fingerprint density at radius 3 is 2.35 bits per heavy atom. The van der Waals surface area contributed by atoms with E-state index in [2.05, 4.69) is 36.1 Å². The van der Waals surface area contributed by atoms with Crippen molar-refractivity contribution in [1.82, 2.24) is 15.3 Å².